The van der Waals surface area contributed by atoms with E-state index in [2.05, 4.69) is 0 Å². The van der Waals surface area contributed by atoms with Crippen molar-refractivity contribution in [2.45, 2.75) is 6.54 Å². The Morgan fingerprint density at radius 1 is 1.47 bits per heavy atom. The lowest BCUT2D eigenvalue weighted by atomic mass is 10.2. The van der Waals surface area contributed by atoms with Crippen molar-refractivity contribution in [2.24, 2.45) is 5.73 Å². The molecule has 0 aliphatic carbocycles. The van der Waals surface area contributed by atoms with Crippen molar-refractivity contribution in [1.82, 2.24) is 0 Å². The molecule has 15 heavy (non-hydrogen) atoms. The van der Waals surface area contributed by atoms with E-state index in [-0.39, 0.29) is 13.2 Å². The van der Waals surface area contributed by atoms with Crippen molar-refractivity contribution in [3.8, 4) is 11.5 Å². The quantitative estimate of drug-likeness (QED) is 0.799. The molecule has 1 aromatic carbocycles. The number of halogens is 1. The van der Waals surface area contributed by atoms with Gasteiger partial charge in [-0.1, -0.05) is 11.6 Å². The van der Waals surface area contributed by atoms with Crippen molar-refractivity contribution in [3.63, 3.8) is 0 Å². The minimum absolute atomic E-state index is 0.0713. The second kappa shape index (κ2) is 5.80. The molecule has 0 fully saturated rings. The Bertz CT molecular complexity index is 331. The highest BCUT2D eigenvalue weighted by atomic mass is 35.5. The predicted molar refractivity (Wildman–Crippen MR) is 58.5 cm³/mol. The fourth-order valence-corrected chi connectivity index (χ4v) is 1.47. The number of benzene rings is 1. The smallest absolute Gasteiger partial charge is 0.179 e. The highest BCUT2D eigenvalue weighted by Crippen LogP contribution is 2.36. The van der Waals surface area contributed by atoms with Crippen LogP contribution in [0, 0.1) is 0 Å². The van der Waals surface area contributed by atoms with E-state index in [1.165, 1.54) is 7.11 Å². The van der Waals surface area contributed by atoms with Crippen molar-refractivity contribution in [3.05, 3.63) is 22.7 Å². The Kier molecular flexibility index (Phi) is 4.68. The maximum absolute atomic E-state index is 8.65. The molecule has 0 unspecified atom stereocenters. The van der Waals surface area contributed by atoms with Gasteiger partial charge < -0.3 is 20.3 Å². The third-order valence-corrected chi connectivity index (χ3v) is 2.14. The van der Waals surface area contributed by atoms with Crippen molar-refractivity contribution < 1.29 is 14.6 Å². The summed E-state index contributed by atoms with van der Waals surface area (Å²) >= 11 is 5.99. The van der Waals surface area contributed by atoms with Gasteiger partial charge in [-0.3, -0.25) is 0 Å². The summed E-state index contributed by atoms with van der Waals surface area (Å²) in [5.74, 6) is 0.960. The maximum atomic E-state index is 8.65. The number of ether oxygens (including phenoxy) is 2. The Morgan fingerprint density at radius 2 is 2.20 bits per heavy atom. The van der Waals surface area contributed by atoms with Crippen molar-refractivity contribution in [2.75, 3.05) is 20.3 Å². The van der Waals surface area contributed by atoms with Crippen LogP contribution < -0.4 is 15.2 Å². The van der Waals surface area contributed by atoms with Gasteiger partial charge in [0.15, 0.2) is 11.5 Å². The standard InChI is InChI=1S/C10H14ClNO3/c1-14-9-5-7(6-12)4-8(11)10(9)15-3-2-13/h4-5,13H,2-3,6,12H2,1H3. The normalized spacial score (nSPS) is 10.1. The Balaban J connectivity index is 3.01. The van der Waals surface area contributed by atoms with Gasteiger partial charge in [-0.2, -0.15) is 0 Å². The summed E-state index contributed by atoms with van der Waals surface area (Å²) in [5, 5.41) is 9.09. The fourth-order valence-electron chi connectivity index (χ4n) is 1.18. The van der Waals surface area contributed by atoms with Crippen LogP contribution in [-0.2, 0) is 6.54 Å². The Hall–Kier alpha value is -0.970. The van der Waals surface area contributed by atoms with Gasteiger partial charge in [0.25, 0.3) is 0 Å². The van der Waals surface area contributed by atoms with E-state index >= 15 is 0 Å². The van der Waals surface area contributed by atoms with Gasteiger partial charge >= 0.3 is 0 Å². The van der Waals surface area contributed by atoms with E-state index in [1.54, 1.807) is 12.1 Å². The molecule has 0 bridgehead atoms. The van der Waals surface area contributed by atoms with Crippen molar-refractivity contribution in [1.29, 1.82) is 0 Å². The SMILES string of the molecule is COc1cc(CN)cc(Cl)c1OCCO. The second-order valence-corrected chi connectivity index (χ2v) is 3.29. The van der Waals surface area contributed by atoms with Crippen LogP contribution in [0.1, 0.15) is 5.56 Å². The summed E-state index contributed by atoms with van der Waals surface area (Å²) in [7, 11) is 1.53. The Labute approximate surface area is 93.6 Å². The van der Waals surface area contributed by atoms with Crippen molar-refractivity contribution >= 4 is 11.6 Å². The molecule has 5 heteroatoms. The van der Waals surface area contributed by atoms with Crippen LogP contribution in [-0.4, -0.2) is 25.4 Å². The van der Waals surface area contributed by atoms with Crippen LogP contribution in [0.25, 0.3) is 0 Å². The lowest BCUT2D eigenvalue weighted by Gasteiger charge is -2.12. The first-order valence-corrected chi connectivity index (χ1v) is 4.90. The van der Waals surface area contributed by atoms with E-state index in [1.807, 2.05) is 0 Å². The summed E-state index contributed by atoms with van der Waals surface area (Å²) in [6.45, 7) is 0.493. The molecule has 4 nitrogen and oxygen atoms in total. The monoisotopic (exact) mass is 231 g/mol. The molecule has 0 radical (unpaired) electrons. The first-order chi connectivity index (χ1) is 7.22. The van der Waals surface area contributed by atoms with E-state index in [0.29, 0.717) is 23.1 Å². The summed E-state index contributed by atoms with van der Waals surface area (Å²) in [5.41, 5.74) is 6.37. The summed E-state index contributed by atoms with van der Waals surface area (Å²) < 4.78 is 10.4. The zero-order chi connectivity index (χ0) is 11.3. The number of hydrogen-bond acceptors (Lipinski definition) is 4. The molecular weight excluding hydrogens is 218 g/mol. The van der Waals surface area contributed by atoms with Gasteiger partial charge in [0, 0.05) is 6.54 Å². The lowest BCUT2D eigenvalue weighted by Crippen LogP contribution is -2.05. The van der Waals surface area contributed by atoms with Gasteiger partial charge in [0.05, 0.1) is 18.7 Å². The highest BCUT2D eigenvalue weighted by Gasteiger charge is 2.11. The fraction of sp³-hybridized carbons (Fsp3) is 0.400. The first kappa shape index (κ1) is 12.1. The number of rotatable bonds is 5. The molecule has 0 aliphatic heterocycles. The Morgan fingerprint density at radius 3 is 2.73 bits per heavy atom. The summed E-state index contributed by atoms with van der Waals surface area (Å²) in [4.78, 5) is 0. The van der Waals surface area contributed by atoms with Crippen LogP contribution in [0.15, 0.2) is 12.1 Å². The lowest BCUT2D eigenvalue weighted by molar-refractivity contribution is 0.196. The molecule has 1 aromatic rings. The van der Waals surface area contributed by atoms with E-state index in [4.69, 9.17) is 31.9 Å². The minimum Gasteiger partial charge on any atom is -0.493 e. The minimum atomic E-state index is -0.0713. The first-order valence-electron chi connectivity index (χ1n) is 4.53. The van der Waals surface area contributed by atoms with Crippen LogP contribution in [0.4, 0.5) is 0 Å². The molecule has 0 heterocycles. The summed E-state index contributed by atoms with van der Waals surface area (Å²) in [6.07, 6.45) is 0. The highest BCUT2D eigenvalue weighted by molar-refractivity contribution is 6.32. The third kappa shape index (κ3) is 2.99. The number of hydrogen-bond donors (Lipinski definition) is 2. The molecule has 0 saturated heterocycles. The third-order valence-electron chi connectivity index (χ3n) is 1.86. The molecule has 0 atom stereocenters. The topological polar surface area (TPSA) is 64.7 Å². The number of aliphatic hydroxyl groups is 1. The summed E-state index contributed by atoms with van der Waals surface area (Å²) in [6, 6.07) is 3.48. The van der Waals surface area contributed by atoms with Crippen LogP contribution >= 0.6 is 11.6 Å². The maximum Gasteiger partial charge on any atom is 0.179 e. The molecule has 0 aliphatic rings. The number of aliphatic hydroxyl groups excluding tert-OH is 1. The zero-order valence-corrected chi connectivity index (χ0v) is 9.25. The van der Waals surface area contributed by atoms with Crippen LogP contribution in [0.2, 0.25) is 5.02 Å². The van der Waals surface area contributed by atoms with Gasteiger partial charge in [0.1, 0.15) is 6.61 Å². The van der Waals surface area contributed by atoms with Gasteiger partial charge in [-0.25, -0.2) is 0 Å². The average molecular weight is 232 g/mol. The molecule has 0 amide bonds. The predicted octanol–water partition coefficient (Wildman–Crippen LogP) is 1.18. The van der Waals surface area contributed by atoms with Gasteiger partial charge in [0.2, 0.25) is 0 Å². The second-order valence-electron chi connectivity index (χ2n) is 2.89. The van der Waals surface area contributed by atoms with Crippen LogP contribution in [0.3, 0.4) is 0 Å². The van der Waals surface area contributed by atoms with E-state index < -0.39 is 0 Å². The van der Waals surface area contributed by atoms with Gasteiger partial charge in [-0.05, 0) is 17.7 Å². The molecule has 0 saturated carbocycles. The number of nitrogens with two attached hydrogens (primary N) is 1. The van der Waals surface area contributed by atoms with E-state index in [0.717, 1.165) is 5.56 Å². The molecule has 0 spiro atoms. The molecule has 84 valence electrons. The van der Waals surface area contributed by atoms with Crippen LogP contribution in [0.5, 0.6) is 11.5 Å². The average Bonchev–Trinajstić information content (AvgIpc) is 2.26. The number of methoxy groups -OCH3 is 1. The largest absolute Gasteiger partial charge is 0.493 e. The zero-order valence-electron chi connectivity index (χ0n) is 8.50. The molecule has 0 aromatic heterocycles. The van der Waals surface area contributed by atoms with E-state index in [9.17, 15) is 0 Å². The molecule has 3 N–H and O–H groups in total. The van der Waals surface area contributed by atoms with Gasteiger partial charge in [-0.15, -0.1) is 0 Å². The molecular formula is C10H14ClNO3. The molecule has 1 rings (SSSR count).